The molecule has 0 aliphatic carbocycles. The van der Waals surface area contributed by atoms with Crippen molar-refractivity contribution in [2.75, 3.05) is 6.54 Å². The summed E-state index contributed by atoms with van der Waals surface area (Å²) < 4.78 is 1.93. The molecule has 0 saturated heterocycles. The van der Waals surface area contributed by atoms with E-state index in [1.807, 2.05) is 37.8 Å². The Morgan fingerprint density at radius 2 is 2.00 bits per heavy atom. The summed E-state index contributed by atoms with van der Waals surface area (Å²) in [7, 11) is 0. The van der Waals surface area contributed by atoms with Gasteiger partial charge in [-0.3, -0.25) is 0 Å². The molecule has 21 heavy (non-hydrogen) atoms. The Hall–Kier alpha value is -1.46. The quantitative estimate of drug-likeness (QED) is 0.858. The van der Waals surface area contributed by atoms with E-state index >= 15 is 0 Å². The highest BCUT2D eigenvalue weighted by Crippen LogP contribution is 2.17. The summed E-state index contributed by atoms with van der Waals surface area (Å²) in [6, 6.07) is 2.41. The predicted molar refractivity (Wildman–Crippen MR) is 85.1 cm³/mol. The minimum absolute atomic E-state index is 0.217. The van der Waals surface area contributed by atoms with E-state index in [1.54, 1.807) is 0 Å². The van der Waals surface area contributed by atoms with Crippen LogP contribution in [0.2, 0.25) is 0 Å². The number of nitrogens with one attached hydrogen (secondary N) is 1. The van der Waals surface area contributed by atoms with Gasteiger partial charge in [0.2, 0.25) is 0 Å². The lowest BCUT2D eigenvalue weighted by Crippen LogP contribution is -2.41. The van der Waals surface area contributed by atoms with E-state index < -0.39 is 5.60 Å². The van der Waals surface area contributed by atoms with Gasteiger partial charge in [0.05, 0.1) is 11.8 Å². The molecule has 2 heterocycles. The molecule has 0 aliphatic rings. The first kappa shape index (κ1) is 15.9. The molecule has 0 spiro atoms. The van der Waals surface area contributed by atoms with Gasteiger partial charge in [0.25, 0.3) is 0 Å². The highest BCUT2D eigenvalue weighted by Gasteiger charge is 2.23. The van der Waals surface area contributed by atoms with E-state index in [9.17, 15) is 5.11 Å². The van der Waals surface area contributed by atoms with Crippen LogP contribution in [0.3, 0.4) is 0 Å². The van der Waals surface area contributed by atoms with Crippen LogP contribution in [-0.2, 0) is 6.54 Å². The summed E-state index contributed by atoms with van der Waals surface area (Å²) in [4.78, 5) is 4.51. The van der Waals surface area contributed by atoms with Gasteiger partial charge in [-0.15, -0.1) is 0 Å². The van der Waals surface area contributed by atoms with Crippen molar-refractivity contribution < 1.29 is 5.11 Å². The SMILES string of the molecule is CC(C)n1ncc2cc(CNCC(C)(O)C(C)C)cnc21. The number of aliphatic hydroxyl groups is 1. The fraction of sp³-hybridized carbons (Fsp3) is 0.625. The monoisotopic (exact) mass is 290 g/mol. The van der Waals surface area contributed by atoms with Crippen molar-refractivity contribution in [3.05, 3.63) is 24.0 Å². The topological polar surface area (TPSA) is 63.0 Å². The molecule has 0 bridgehead atoms. The van der Waals surface area contributed by atoms with Gasteiger partial charge in [-0.2, -0.15) is 5.10 Å². The van der Waals surface area contributed by atoms with Crippen molar-refractivity contribution in [1.82, 2.24) is 20.1 Å². The first-order chi connectivity index (χ1) is 9.81. The number of nitrogens with zero attached hydrogens (tertiary/aromatic N) is 3. The number of hydrogen-bond acceptors (Lipinski definition) is 4. The van der Waals surface area contributed by atoms with Crippen LogP contribution in [0.1, 0.15) is 46.2 Å². The van der Waals surface area contributed by atoms with Crippen molar-refractivity contribution in [2.45, 2.75) is 52.8 Å². The highest BCUT2D eigenvalue weighted by molar-refractivity contribution is 5.75. The Balaban J connectivity index is 2.04. The fourth-order valence-electron chi connectivity index (χ4n) is 2.12. The minimum Gasteiger partial charge on any atom is -0.389 e. The molecule has 0 aliphatic heterocycles. The van der Waals surface area contributed by atoms with E-state index in [2.05, 4.69) is 35.3 Å². The summed E-state index contributed by atoms with van der Waals surface area (Å²) in [5.74, 6) is 0.217. The van der Waals surface area contributed by atoms with Gasteiger partial charge < -0.3 is 10.4 Å². The third kappa shape index (κ3) is 3.60. The van der Waals surface area contributed by atoms with Gasteiger partial charge in [0, 0.05) is 30.7 Å². The molecule has 5 nitrogen and oxygen atoms in total. The maximum atomic E-state index is 10.2. The molecule has 2 rings (SSSR count). The second kappa shape index (κ2) is 6.12. The van der Waals surface area contributed by atoms with Crippen LogP contribution in [0.4, 0.5) is 0 Å². The van der Waals surface area contributed by atoms with Crippen molar-refractivity contribution in [3.63, 3.8) is 0 Å². The second-order valence-electron chi connectivity index (χ2n) is 6.55. The van der Waals surface area contributed by atoms with Crippen molar-refractivity contribution in [3.8, 4) is 0 Å². The standard InChI is InChI=1S/C16H26N4O/c1-11(2)16(5,21)10-17-7-13-6-14-9-19-20(12(3)4)15(14)18-8-13/h6,8-9,11-12,17,21H,7,10H2,1-5H3. The van der Waals surface area contributed by atoms with Gasteiger partial charge in [-0.05, 0) is 38.3 Å². The molecule has 0 saturated carbocycles. The molecule has 0 aromatic carbocycles. The molecule has 1 unspecified atom stereocenters. The first-order valence-electron chi connectivity index (χ1n) is 7.56. The zero-order chi connectivity index (χ0) is 15.6. The van der Waals surface area contributed by atoms with Gasteiger partial charge in [0.1, 0.15) is 0 Å². The van der Waals surface area contributed by atoms with Crippen molar-refractivity contribution in [1.29, 1.82) is 0 Å². The van der Waals surface area contributed by atoms with Crippen molar-refractivity contribution >= 4 is 11.0 Å². The molecule has 116 valence electrons. The summed E-state index contributed by atoms with van der Waals surface area (Å²) >= 11 is 0. The van der Waals surface area contributed by atoms with E-state index in [0.29, 0.717) is 19.1 Å². The summed E-state index contributed by atoms with van der Waals surface area (Å²) in [5, 5.41) is 18.9. The van der Waals surface area contributed by atoms with Crippen LogP contribution in [-0.4, -0.2) is 32.0 Å². The smallest absolute Gasteiger partial charge is 0.157 e. The molecule has 0 amide bonds. The van der Waals surface area contributed by atoms with Crippen LogP contribution in [0, 0.1) is 5.92 Å². The lowest BCUT2D eigenvalue weighted by atomic mass is 9.92. The van der Waals surface area contributed by atoms with Gasteiger partial charge in [-0.1, -0.05) is 13.8 Å². The Morgan fingerprint density at radius 1 is 1.29 bits per heavy atom. The third-order valence-corrected chi connectivity index (χ3v) is 4.03. The normalized spacial score (nSPS) is 15.0. The van der Waals surface area contributed by atoms with E-state index in [4.69, 9.17) is 0 Å². The fourth-order valence-corrected chi connectivity index (χ4v) is 2.12. The molecule has 2 N–H and O–H groups in total. The zero-order valence-corrected chi connectivity index (χ0v) is 13.6. The number of fused-ring (bicyclic) bond motifs is 1. The summed E-state index contributed by atoms with van der Waals surface area (Å²) in [6.45, 7) is 11.4. The molecule has 0 radical (unpaired) electrons. The molecule has 1 atom stereocenters. The Labute approximate surface area is 126 Å². The second-order valence-corrected chi connectivity index (χ2v) is 6.55. The highest BCUT2D eigenvalue weighted by atomic mass is 16.3. The van der Waals surface area contributed by atoms with Crippen LogP contribution in [0.25, 0.3) is 11.0 Å². The summed E-state index contributed by atoms with van der Waals surface area (Å²) in [6.07, 6.45) is 3.73. The largest absolute Gasteiger partial charge is 0.389 e. The molecule has 0 fully saturated rings. The molecular formula is C16H26N4O. The van der Waals surface area contributed by atoms with Crippen LogP contribution in [0.15, 0.2) is 18.5 Å². The van der Waals surface area contributed by atoms with Gasteiger partial charge in [0.15, 0.2) is 5.65 Å². The Bertz CT molecular complexity index is 601. The molecule has 5 heteroatoms. The van der Waals surface area contributed by atoms with E-state index in [-0.39, 0.29) is 5.92 Å². The number of hydrogen-bond donors (Lipinski definition) is 2. The minimum atomic E-state index is -0.694. The average molecular weight is 290 g/mol. The lowest BCUT2D eigenvalue weighted by molar-refractivity contribution is 0.0140. The lowest BCUT2D eigenvalue weighted by Gasteiger charge is -2.27. The van der Waals surface area contributed by atoms with Crippen LogP contribution in [0.5, 0.6) is 0 Å². The molecular weight excluding hydrogens is 264 g/mol. The maximum absolute atomic E-state index is 10.2. The van der Waals surface area contributed by atoms with Gasteiger partial charge >= 0.3 is 0 Å². The van der Waals surface area contributed by atoms with E-state index in [1.165, 1.54) is 0 Å². The maximum Gasteiger partial charge on any atom is 0.157 e. The van der Waals surface area contributed by atoms with E-state index in [0.717, 1.165) is 16.6 Å². The number of pyridine rings is 1. The molecule has 2 aromatic rings. The van der Waals surface area contributed by atoms with Gasteiger partial charge in [-0.25, -0.2) is 9.67 Å². The van der Waals surface area contributed by atoms with Crippen LogP contribution >= 0.6 is 0 Å². The average Bonchev–Trinajstić information content (AvgIpc) is 2.81. The summed E-state index contributed by atoms with van der Waals surface area (Å²) in [5.41, 5.74) is 1.33. The first-order valence-corrected chi connectivity index (χ1v) is 7.56. The molecule has 2 aromatic heterocycles. The zero-order valence-electron chi connectivity index (χ0n) is 13.6. The number of aromatic nitrogens is 3. The Morgan fingerprint density at radius 3 is 2.62 bits per heavy atom. The third-order valence-electron chi connectivity index (χ3n) is 4.03. The van der Waals surface area contributed by atoms with Crippen LogP contribution < -0.4 is 5.32 Å². The Kier molecular flexibility index (Phi) is 4.64. The predicted octanol–water partition coefficient (Wildman–Crippen LogP) is 2.51. The number of rotatable bonds is 6. The van der Waals surface area contributed by atoms with Crippen molar-refractivity contribution in [2.24, 2.45) is 5.92 Å².